The lowest BCUT2D eigenvalue weighted by molar-refractivity contribution is -0.360. The number of phosphoric ester groups is 1. The van der Waals surface area contributed by atoms with Crippen molar-refractivity contribution in [3.8, 4) is 0 Å². The van der Waals surface area contributed by atoms with Gasteiger partial charge in [-0.15, -0.1) is 0 Å². The van der Waals surface area contributed by atoms with Crippen molar-refractivity contribution in [1.82, 2.24) is 0 Å². The number of rotatable bonds is 43. The van der Waals surface area contributed by atoms with Crippen LogP contribution in [0, 0.1) is 0 Å². The molecule has 3 aliphatic rings. The van der Waals surface area contributed by atoms with E-state index in [4.69, 9.17) is 37.5 Å². The minimum absolute atomic E-state index is 0.149. The minimum Gasteiger partial charge on any atom is -0.463 e. The molecule has 0 spiro atoms. The van der Waals surface area contributed by atoms with Gasteiger partial charge in [-0.05, 0) is 12.8 Å². The summed E-state index contributed by atoms with van der Waals surface area (Å²) < 4.78 is 58.9. The van der Waals surface area contributed by atoms with Crippen molar-refractivity contribution in [2.24, 2.45) is 0 Å². The molecule has 0 aromatic rings. The van der Waals surface area contributed by atoms with Crippen LogP contribution in [0.1, 0.15) is 194 Å². The molecule has 22 nitrogen and oxygen atoms in total. The van der Waals surface area contributed by atoms with E-state index in [1.807, 2.05) is 0 Å². The summed E-state index contributed by atoms with van der Waals surface area (Å²) in [5.74, 6) is -0.498. The molecule has 0 radical (unpaired) electrons. The Kier molecular flexibility index (Phi) is 35.9. The Balaban J connectivity index is 1.69. The first-order valence-corrected chi connectivity index (χ1v) is 30.4. The third kappa shape index (κ3) is 25.0. The quantitative estimate of drug-likeness (QED) is 0.0234. The standard InChI is InChI=1S/C53H101O22P/c1-3-5-7-9-11-13-15-17-19-21-23-25-27-29-31-68-36(34-69-39(56)30-28-26-24-22-20-18-16-14-12-10-8-6-4-2)35-70-76(66,67)75-51-49(73-52-47(64)42(59)40(57)37(32-54)71-52)45(62)44(61)46(63)50(51)74-53-48(65)43(60)41(58)38(33-55)72-53/h36-38,40-55,57-65H,3-35H2,1-2H3,(H,66,67)/t36-,37?,38?,40-,41-,42+,43?,44?,45?,46+,47?,48-,49?,50?,51?,52+,53-/m1/s1. The Morgan fingerprint density at radius 3 is 1.20 bits per heavy atom. The zero-order valence-electron chi connectivity index (χ0n) is 45.5. The molecule has 1 saturated carbocycles. The van der Waals surface area contributed by atoms with E-state index in [1.54, 1.807) is 0 Å². The lowest BCUT2D eigenvalue weighted by Gasteiger charge is -2.49. The maximum absolute atomic E-state index is 14.0. The summed E-state index contributed by atoms with van der Waals surface area (Å²) in [6.07, 6.45) is -2.73. The summed E-state index contributed by atoms with van der Waals surface area (Å²) in [5.41, 5.74) is 0. The van der Waals surface area contributed by atoms with Gasteiger partial charge in [0.2, 0.25) is 0 Å². The molecular weight excluding hydrogens is 1020 g/mol. The normalized spacial score (nSPS) is 32.3. The molecule has 450 valence electrons. The number of hydrogen-bond acceptors (Lipinski definition) is 21. The lowest BCUT2D eigenvalue weighted by atomic mass is 9.84. The van der Waals surface area contributed by atoms with Gasteiger partial charge in [0.05, 0.1) is 19.8 Å². The molecule has 0 aromatic heterocycles. The molecule has 23 heteroatoms. The van der Waals surface area contributed by atoms with Gasteiger partial charge in [-0.25, -0.2) is 4.57 Å². The van der Waals surface area contributed by atoms with Crippen LogP contribution in [0.3, 0.4) is 0 Å². The Morgan fingerprint density at radius 1 is 0.461 bits per heavy atom. The summed E-state index contributed by atoms with van der Waals surface area (Å²) in [6.45, 7) is 1.73. The topological polar surface area (TPSA) is 351 Å². The number of carbonyl (C=O) groups is 1. The molecular formula is C53H101O22P. The Hall–Kier alpha value is -1.06. The van der Waals surface area contributed by atoms with Crippen LogP contribution in [0.25, 0.3) is 0 Å². The van der Waals surface area contributed by atoms with E-state index in [9.17, 15) is 70.4 Å². The van der Waals surface area contributed by atoms with E-state index in [0.717, 1.165) is 51.4 Å². The Bertz CT molecular complexity index is 1470. The molecule has 76 heavy (non-hydrogen) atoms. The highest BCUT2D eigenvalue weighted by atomic mass is 31.2. The Labute approximate surface area is 451 Å². The molecule has 1 aliphatic carbocycles. The number of ether oxygens (including phenoxy) is 6. The van der Waals surface area contributed by atoms with Crippen molar-refractivity contribution in [2.45, 2.75) is 298 Å². The molecule has 0 bridgehead atoms. The van der Waals surface area contributed by atoms with Crippen molar-refractivity contribution in [1.29, 1.82) is 0 Å². The first kappa shape index (κ1) is 69.2. The van der Waals surface area contributed by atoms with Crippen molar-refractivity contribution < 1.29 is 108 Å². The van der Waals surface area contributed by atoms with Crippen LogP contribution in [0.15, 0.2) is 0 Å². The molecule has 2 saturated heterocycles. The van der Waals surface area contributed by atoms with E-state index in [2.05, 4.69) is 13.8 Å². The zero-order chi connectivity index (χ0) is 55.9. The first-order chi connectivity index (χ1) is 36.5. The van der Waals surface area contributed by atoms with E-state index in [1.165, 1.54) is 109 Å². The van der Waals surface area contributed by atoms with Gasteiger partial charge in [-0.3, -0.25) is 13.8 Å². The average Bonchev–Trinajstić information content (AvgIpc) is 3.40. The van der Waals surface area contributed by atoms with Gasteiger partial charge in [-0.2, -0.15) is 0 Å². The van der Waals surface area contributed by atoms with Crippen molar-refractivity contribution in [3.05, 3.63) is 0 Å². The second kappa shape index (κ2) is 39.4. The molecule has 3 rings (SSSR count). The van der Waals surface area contributed by atoms with Crippen LogP contribution in [-0.2, 0) is 46.8 Å². The van der Waals surface area contributed by atoms with Crippen LogP contribution in [-0.4, -0.2) is 204 Å². The van der Waals surface area contributed by atoms with Crippen LogP contribution < -0.4 is 0 Å². The number of carbonyl (C=O) groups excluding carboxylic acids is 1. The molecule has 2 aliphatic heterocycles. The number of unbranched alkanes of at least 4 members (excludes halogenated alkanes) is 25. The fourth-order valence-electron chi connectivity index (χ4n) is 9.87. The maximum Gasteiger partial charge on any atom is 0.472 e. The van der Waals surface area contributed by atoms with E-state index >= 15 is 0 Å². The minimum atomic E-state index is -5.50. The number of aliphatic hydroxyl groups is 11. The van der Waals surface area contributed by atoms with Crippen LogP contribution in [0.4, 0.5) is 0 Å². The molecule has 12 N–H and O–H groups in total. The van der Waals surface area contributed by atoms with Gasteiger partial charge < -0.3 is 89.5 Å². The maximum atomic E-state index is 14.0. The molecule has 3 fully saturated rings. The summed E-state index contributed by atoms with van der Waals surface area (Å²) in [4.78, 5) is 24.3. The third-order valence-electron chi connectivity index (χ3n) is 14.7. The van der Waals surface area contributed by atoms with Gasteiger partial charge in [0.1, 0.15) is 98.2 Å². The fraction of sp³-hybridized carbons (Fsp3) is 0.981. The average molecular weight is 1120 g/mol. The number of hydrogen-bond donors (Lipinski definition) is 12. The molecule has 10 unspecified atom stereocenters. The van der Waals surface area contributed by atoms with Crippen molar-refractivity contribution in [3.63, 3.8) is 0 Å². The van der Waals surface area contributed by atoms with E-state index in [0.29, 0.717) is 12.8 Å². The van der Waals surface area contributed by atoms with E-state index < -0.39 is 138 Å². The Morgan fingerprint density at radius 2 is 0.816 bits per heavy atom. The second-order valence-corrected chi connectivity index (χ2v) is 22.6. The summed E-state index contributed by atoms with van der Waals surface area (Å²) in [7, 11) is -5.50. The fourth-order valence-corrected chi connectivity index (χ4v) is 10.8. The predicted octanol–water partition coefficient (Wildman–Crippen LogP) is 3.85. The van der Waals surface area contributed by atoms with E-state index in [-0.39, 0.29) is 19.6 Å². The van der Waals surface area contributed by atoms with Crippen LogP contribution in [0.2, 0.25) is 0 Å². The second-order valence-electron chi connectivity index (χ2n) is 21.2. The van der Waals surface area contributed by atoms with Gasteiger partial charge in [-0.1, -0.05) is 174 Å². The van der Waals surface area contributed by atoms with Gasteiger partial charge in [0.15, 0.2) is 12.6 Å². The van der Waals surface area contributed by atoms with Crippen LogP contribution in [0.5, 0.6) is 0 Å². The smallest absolute Gasteiger partial charge is 0.463 e. The molecule has 0 aromatic carbocycles. The zero-order valence-corrected chi connectivity index (χ0v) is 46.4. The third-order valence-corrected chi connectivity index (χ3v) is 15.7. The van der Waals surface area contributed by atoms with Crippen molar-refractivity contribution >= 4 is 13.8 Å². The largest absolute Gasteiger partial charge is 0.472 e. The highest BCUT2D eigenvalue weighted by molar-refractivity contribution is 7.47. The number of esters is 1. The van der Waals surface area contributed by atoms with Crippen molar-refractivity contribution in [2.75, 3.05) is 33.0 Å². The highest BCUT2D eigenvalue weighted by Gasteiger charge is 2.58. The van der Waals surface area contributed by atoms with Gasteiger partial charge >= 0.3 is 13.8 Å². The monoisotopic (exact) mass is 1120 g/mol. The lowest BCUT2D eigenvalue weighted by Crippen LogP contribution is -2.69. The first-order valence-electron chi connectivity index (χ1n) is 28.9. The summed E-state index contributed by atoms with van der Waals surface area (Å²) in [5, 5.41) is 117. The number of aliphatic hydroxyl groups excluding tert-OH is 11. The van der Waals surface area contributed by atoms with Crippen LogP contribution >= 0.6 is 7.82 Å². The van der Waals surface area contributed by atoms with Gasteiger partial charge in [0.25, 0.3) is 0 Å². The highest BCUT2D eigenvalue weighted by Crippen LogP contribution is 2.49. The predicted molar refractivity (Wildman–Crippen MR) is 277 cm³/mol. The summed E-state index contributed by atoms with van der Waals surface area (Å²) >= 11 is 0. The molecule has 18 atom stereocenters. The molecule has 0 amide bonds. The SMILES string of the molecule is CCCCCCCCCCCCCCCCO[C@H](COC(=O)CCCCCCCCCCCCCCC)COP(=O)(O)OC1C(O[C@@H]2OC(CO)[C@@H](O)[C@H](O)C2O)C(O)C(O)[C@H](O)C1O[C@H]1OC(CO)[C@@H](O)C(O)[C@H]1O. The van der Waals surface area contributed by atoms with Gasteiger partial charge in [0, 0.05) is 13.0 Å². The molecule has 2 heterocycles. The summed E-state index contributed by atoms with van der Waals surface area (Å²) in [6, 6.07) is 0. The number of phosphoric acid groups is 1.